The summed E-state index contributed by atoms with van der Waals surface area (Å²) in [4.78, 5) is 25.7. The summed E-state index contributed by atoms with van der Waals surface area (Å²) in [7, 11) is -3.21. The van der Waals surface area contributed by atoms with E-state index in [-0.39, 0.29) is 18.0 Å². The molecule has 1 aromatic rings. The van der Waals surface area contributed by atoms with E-state index >= 15 is 0 Å². The first kappa shape index (κ1) is 15.7. The van der Waals surface area contributed by atoms with Gasteiger partial charge in [0, 0.05) is 37.9 Å². The predicted octanol–water partition coefficient (Wildman–Crippen LogP) is -0.739. The van der Waals surface area contributed by atoms with E-state index in [1.807, 2.05) is 0 Å². The second-order valence-corrected chi connectivity index (χ2v) is 7.15. The normalized spacial score (nSPS) is 17.0. The maximum absolute atomic E-state index is 12.2. The second kappa shape index (κ2) is 5.98. The third kappa shape index (κ3) is 3.70. The van der Waals surface area contributed by atoms with Crippen molar-refractivity contribution >= 4 is 15.9 Å². The van der Waals surface area contributed by atoms with Crippen LogP contribution in [0.5, 0.6) is 0 Å². The van der Waals surface area contributed by atoms with Crippen molar-refractivity contribution in [2.75, 3.05) is 32.4 Å². The standard InChI is InChI=1S/C13H19N3O4S/c1-11-4-3-5-15(13(11)18)10-12(17)14-6-8-16(9-7-14)21(2,19)20/h3-5H,6-10H2,1-2H3. The third-order valence-corrected chi connectivity index (χ3v) is 4.88. The number of rotatable bonds is 3. The van der Waals surface area contributed by atoms with Gasteiger partial charge in [-0.3, -0.25) is 9.59 Å². The van der Waals surface area contributed by atoms with Gasteiger partial charge in [0.2, 0.25) is 15.9 Å². The van der Waals surface area contributed by atoms with Crippen LogP contribution >= 0.6 is 0 Å². The van der Waals surface area contributed by atoms with Crippen molar-refractivity contribution in [3.8, 4) is 0 Å². The molecule has 21 heavy (non-hydrogen) atoms. The molecule has 1 fully saturated rings. The molecule has 7 nitrogen and oxygen atoms in total. The molecule has 0 N–H and O–H groups in total. The lowest BCUT2D eigenvalue weighted by atomic mass is 10.3. The first-order chi connectivity index (χ1) is 9.79. The van der Waals surface area contributed by atoms with E-state index in [1.165, 1.54) is 8.87 Å². The Bertz CT molecular complexity index is 688. The SMILES string of the molecule is Cc1cccn(CC(=O)N2CCN(S(C)(=O)=O)CC2)c1=O. The number of sulfonamides is 1. The van der Waals surface area contributed by atoms with Gasteiger partial charge in [-0.2, -0.15) is 4.31 Å². The monoisotopic (exact) mass is 313 g/mol. The lowest BCUT2D eigenvalue weighted by molar-refractivity contribution is -0.133. The number of hydrogen-bond acceptors (Lipinski definition) is 4. The summed E-state index contributed by atoms with van der Waals surface area (Å²) in [6, 6.07) is 3.43. The molecule has 2 rings (SSSR count). The van der Waals surface area contributed by atoms with Gasteiger partial charge in [-0.1, -0.05) is 6.07 Å². The molecule has 0 aromatic carbocycles. The Morgan fingerprint density at radius 3 is 2.43 bits per heavy atom. The molecule has 0 aliphatic carbocycles. The molecule has 0 bridgehead atoms. The number of piperazine rings is 1. The number of hydrogen-bond donors (Lipinski definition) is 0. The highest BCUT2D eigenvalue weighted by Crippen LogP contribution is 2.06. The molecule has 1 aliphatic rings. The van der Waals surface area contributed by atoms with Crippen LogP contribution in [-0.4, -0.2) is 60.5 Å². The number of carbonyl (C=O) groups is 1. The highest BCUT2D eigenvalue weighted by atomic mass is 32.2. The van der Waals surface area contributed by atoms with Gasteiger partial charge < -0.3 is 9.47 Å². The zero-order chi connectivity index (χ0) is 15.6. The molecule has 0 spiro atoms. The Balaban J connectivity index is 2.00. The maximum Gasteiger partial charge on any atom is 0.253 e. The van der Waals surface area contributed by atoms with E-state index in [0.717, 1.165) is 6.26 Å². The predicted molar refractivity (Wildman–Crippen MR) is 78.4 cm³/mol. The Morgan fingerprint density at radius 2 is 1.86 bits per heavy atom. The number of amides is 1. The largest absolute Gasteiger partial charge is 0.339 e. The van der Waals surface area contributed by atoms with Crippen molar-refractivity contribution in [2.45, 2.75) is 13.5 Å². The van der Waals surface area contributed by atoms with Crippen LogP contribution in [0.4, 0.5) is 0 Å². The summed E-state index contributed by atoms with van der Waals surface area (Å²) in [5.74, 6) is -0.171. The van der Waals surface area contributed by atoms with Crippen LogP contribution in [-0.2, 0) is 21.4 Å². The molecule has 0 atom stereocenters. The lowest BCUT2D eigenvalue weighted by Gasteiger charge is -2.33. The topological polar surface area (TPSA) is 79.7 Å². The van der Waals surface area contributed by atoms with Crippen molar-refractivity contribution in [2.24, 2.45) is 0 Å². The van der Waals surface area contributed by atoms with Gasteiger partial charge in [-0.15, -0.1) is 0 Å². The molecule has 0 unspecified atom stereocenters. The van der Waals surface area contributed by atoms with Gasteiger partial charge in [-0.25, -0.2) is 8.42 Å². The van der Waals surface area contributed by atoms with Crippen molar-refractivity contribution in [3.05, 3.63) is 34.2 Å². The highest BCUT2D eigenvalue weighted by Gasteiger charge is 2.26. The number of nitrogens with zero attached hydrogens (tertiary/aromatic N) is 3. The van der Waals surface area contributed by atoms with Gasteiger partial charge >= 0.3 is 0 Å². The summed E-state index contributed by atoms with van der Waals surface area (Å²) in [6.45, 7) is 2.99. The Morgan fingerprint density at radius 1 is 1.24 bits per heavy atom. The van der Waals surface area contributed by atoms with Crippen LogP contribution in [0.15, 0.2) is 23.1 Å². The van der Waals surface area contributed by atoms with Crippen LogP contribution in [0.2, 0.25) is 0 Å². The molecule has 116 valence electrons. The van der Waals surface area contributed by atoms with Crippen molar-refractivity contribution < 1.29 is 13.2 Å². The molecule has 0 radical (unpaired) electrons. The fourth-order valence-corrected chi connectivity index (χ4v) is 3.12. The minimum atomic E-state index is -3.21. The Hall–Kier alpha value is -1.67. The van der Waals surface area contributed by atoms with E-state index in [2.05, 4.69) is 0 Å². The molecule has 1 aliphatic heterocycles. The number of pyridine rings is 1. The van der Waals surface area contributed by atoms with E-state index in [0.29, 0.717) is 31.7 Å². The van der Waals surface area contributed by atoms with E-state index in [4.69, 9.17) is 0 Å². The molecule has 8 heteroatoms. The maximum atomic E-state index is 12.2. The number of aryl methyl sites for hydroxylation is 1. The first-order valence-electron chi connectivity index (χ1n) is 6.68. The highest BCUT2D eigenvalue weighted by molar-refractivity contribution is 7.88. The summed E-state index contributed by atoms with van der Waals surface area (Å²) in [5.41, 5.74) is 0.410. The third-order valence-electron chi connectivity index (χ3n) is 3.58. The van der Waals surface area contributed by atoms with Crippen LogP contribution in [0.1, 0.15) is 5.56 Å². The van der Waals surface area contributed by atoms with Gasteiger partial charge in [0.05, 0.1) is 6.26 Å². The summed E-state index contributed by atoms with van der Waals surface area (Å²) >= 11 is 0. The van der Waals surface area contributed by atoms with Crippen molar-refractivity contribution in [1.82, 2.24) is 13.8 Å². The molecule has 1 saturated heterocycles. The van der Waals surface area contributed by atoms with Crippen LogP contribution < -0.4 is 5.56 Å². The molecular weight excluding hydrogens is 294 g/mol. The van der Waals surface area contributed by atoms with E-state index in [1.54, 1.807) is 30.2 Å². The molecule has 0 saturated carbocycles. The van der Waals surface area contributed by atoms with Crippen LogP contribution in [0.3, 0.4) is 0 Å². The van der Waals surface area contributed by atoms with Crippen LogP contribution in [0.25, 0.3) is 0 Å². The Labute approximate surface area is 123 Å². The zero-order valence-corrected chi connectivity index (χ0v) is 13.0. The number of carbonyl (C=O) groups excluding carboxylic acids is 1. The minimum absolute atomic E-state index is 0.0145. The van der Waals surface area contributed by atoms with Crippen molar-refractivity contribution in [1.29, 1.82) is 0 Å². The first-order valence-corrected chi connectivity index (χ1v) is 8.53. The smallest absolute Gasteiger partial charge is 0.253 e. The quantitative estimate of drug-likeness (QED) is 0.736. The van der Waals surface area contributed by atoms with Gasteiger partial charge in [0.1, 0.15) is 6.54 Å². The van der Waals surface area contributed by atoms with Crippen molar-refractivity contribution in [3.63, 3.8) is 0 Å². The summed E-state index contributed by atoms with van der Waals surface area (Å²) in [6.07, 6.45) is 2.75. The van der Waals surface area contributed by atoms with Gasteiger partial charge in [0.15, 0.2) is 0 Å². The average molecular weight is 313 g/mol. The summed E-state index contributed by atoms with van der Waals surface area (Å²) in [5, 5.41) is 0. The molecular formula is C13H19N3O4S. The van der Waals surface area contributed by atoms with Crippen LogP contribution in [0, 0.1) is 6.92 Å². The molecule has 1 aromatic heterocycles. The fourth-order valence-electron chi connectivity index (χ4n) is 2.30. The fraction of sp³-hybridized carbons (Fsp3) is 0.538. The molecule has 2 heterocycles. The second-order valence-electron chi connectivity index (χ2n) is 5.17. The summed E-state index contributed by atoms with van der Waals surface area (Å²) < 4.78 is 25.6. The average Bonchev–Trinajstić information content (AvgIpc) is 2.43. The zero-order valence-electron chi connectivity index (χ0n) is 12.2. The molecule has 1 amide bonds. The lowest BCUT2D eigenvalue weighted by Crippen LogP contribution is -2.51. The van der Waals surface area contributed by atoms with E-state index < -0.39 is 10.0 Å². The number of aromatic nitrogens is 1. The van der Waals surface area contributed by atoms with Gasteiger partial charge in [0.25, 0.3) is 5.56 Å². The van der Waals surface area contributed by atoms with Gasteiger partial charge in [-0.05, 0) is 13.0 Å². The van der Waals surface area contributed by atoms with E-state index in [9.17, 15) is 18.0 Å². The Kier molecular flexibility index (Phi) is 4.48. The minimum Gasteiger partial charge on any atom is -0.339 e.